The molecule has 11 heteroatoms. The molecule has 0 spiro atoms. The summed E-state index contributed by atoms with van der Waals surface area (Å²) >= 11 is 5.91. The Bertz CT molecular complexity index is 1400. The van der Waals surface area contributed by atoms with Gasteiger partial charge in [-0.2, -0.15) is 0 Å². The highest BCUT2D eigenvalue weighted by Crippen LogP contribution is 2.46. The Hall–Kier alpha value is -3.14. The molecule has 0 radical (unpaired) electrons. The maximum absolute atomic E-state index is 15.9. The van der Waals surface area contributed by atoms with Crippen LogP contribution in [-0.2, 0) is 12.2 Å². The summed E-state index contributed by atoms with van der Waals surface area (Å²) in [6, 6.07) is 0. The molecule has 190 valence electrons. The minimum absolute atomic E-state index is 0.0543. The van der Waals surface area contributed by atoms with E-state index in [-0.39, 0.29) is 11.7 Å². The number of alkyl halides is 1. The van der Waals surface area contributed by atoms with Gasteiger partial charge in [-0.15, -0.1) is 5.10 Å². The first-order chi connectivity index (χ1) is 17.2. The van der Waals surface area contributed by atoms with Crippen LogP contribution in [0.5, 0.6) is 0 Å². The maximum atomic E-state index is 15.9. The van der Waals surface area contributed by atoms with Gasteiger partial charge in [0.2, 0.25) is 5.82 Å². The Labute approximate surface area is 212 Å². The Balaban J connectivity index is 1.69. The molecular weight excluding hydrogens is 485 g/mol. The van der Waals surface area contributed by atoms with E-state index in [1.165, 1.54) is 12.4 Å². The van der Waals surface area contributed by atoms with Crippen LogP contribution in [0, 0.1) is 11.8 Å². The first kappa shape index (κ1) is 24.5. The topological polar surface area (TPSA) is 115 Å². The van der Waals surface area contributed by atoms with Crippen molar-refractivity contribution in [1.29, 1.82) is 0 Å². The Morgan fingerprint density at radius 1 is 1.31 bits per heavy atom. The number of aromatic amines is 1. The van der Waals surface area contributed by atoms with Crippen LogP contribution in [0.4, 0.5) is 4.39 Å². The van der Waals surface area contributed by atoms with Crippen molar-refractivity contribution in [3.8, 4) is 11.7 Å². The fourth-order valence-corrected chi connectivity index (χ4v) is 5.03. The summed E-state index contributed by atoms with van der Waals surface area (Å²) in [6.45, 7) is 8.77. The third-order valence-electron chi connectivity index (χ3n) is 7.14. The van der Waals surface area contributed by atoms with Gasteiger partial charge in [0.15, 0.2) is 11.3 Å². The van der Waals surface area contributed by atoms with Gasteiger partial charge in [-0.05, 0) is 50.9 Å². The SMILES string of the molecule is C=C(/C=N\C=C(/C)Cl)c1nc(-c2n[nH]c(=O)o2)nc2nc(C3(F)CCC3)n(C[C@H]3CC[C@H](C)CC3)c12. The van der Waals surface area contributed by atoms with Gasteiger partial charge in [0.1, 0.15) is 17.0 Å². The number of aliphatic imine (C=N–C) groups is 1. The molecule has 36 heavy (non-hydrogen) atoms. The summed E-state index contributed by atoms with van der Waals surface area (Å²) < 4.78 is 23.0. The molecule has 0 atom stereocenters. The van der Waals surface area contributed by atoms with E-state index < -0.39 is 11.4 Å². The van der Waals surface area contributed by atoms with E-state index in [9.17, 15) is 4.79 Å². The lowest BCUT2D eigenvalue weighted by Gasteiger charge is -2.34. The molecule has 3 heterocycles. The third kappa shape index (κ3) is 4.78. The van der Waals surface area contributed by atoms with Crippen LogP contribution in [-0.4, -0.2) is 35.9 Å². The molecule has 2 fully saturated rings. The first-order valence-electron chi connectivity index (χ1n) is 12.3. The van der Waals surface area contributed by atoms with Crippen LogP contribution in [0.2, 0.25) is 0 Å². The van der Waals surface area contributed by atoms with Crippen molar-refractivity contribution in [2.75, 3.05) is 0 Å². The molecule has 2 aliphatic carbocycles. The molecule has 0 unspecified atom stereocenters. The van der Waals surface area contributed by atoms with Gasteiger partial charge in [0.25, 0.3) is 5.89 Å². The van der Waals surface area contributed by atoms with Crippen LogP contribution in [0.1, 0.15) is 70.3 Å². The number of allylic oxidation sites excluding steroid dienone is 2. The normalized spacial score (nSPS) is 22.3. The number of aromatic nitrogens is 6. The molecule has 0 bridgehead atoms. The molecule has 5 rings (SSSR count). The van der Waals surface area contributed by atoms with Gasteiger partial charge in [-0.3, -0.25) is 4.99 Å². The van der Waals surface area contributed by atoms with Gasteiger partial charge in [-0.25, -0.2) is 29.2 Å². The van der Waals surface area contributed by atoms with Crippen molar-refractivity contribution in [3.05, 3.63) is 39.9 Å². The van der Waals surface area contributed by atoms with E-state index in [1.54, 1.807) is 6.92 Å². The lowest BCUT2D eigenvalue weighted by atomic mass is 9.80. The van der Waals surface area contributed by atoms with Gasteiger partial charge >= 0.3 is 5.76 Å². The molecule has 3 aromatic rings. The molecule has 0 amide bonds. The number of rotatable bonds is 7. The van der Waals surface area contributed by atoms with E-state index in [0.717, 1.165) is 32.1 Å². The van der Waals surface area contributed by atoms with Crippen LogP contribution in [0.25, 0.3) is 28.5 Å². The number of fused-ring (bicyclic) bond motifs is 1. The highest BCUT2D eigenvalue weighted by atomic mass is 35.5. The number of hydrogen-bond donors (Lipinski definition) is 1. The Morgan fingerprint density at radius 3 is 2.67 bits per heavy atom. The van der Waals surface area contributed by atoms with Gasteiger partial charge < -0.3 is 8.98 Å². The highest BCUT2D eigenvalue weighted by Gasteiger charge is 2.44. The van der Waals surface area contributed by atoms with Gasteiger partial charge in [0, 0.05) is 29.6 Å². The van der Waals surface area contributed by atoms with Gasteiger partial charge in [-0.1, -0.05) is 37.9 Å². The fourth-order valence-electron chi connectivity index (χ4n) is 4.97. The van der Waals surface area contributed by atoms with Crippen molar-refractivity contribution < 1.29 is 8.81 Å². The molecule has 2 saturated carbocycles. The number of nitrogens with one attached hydrogen (secondary N) is 1. The fraction of sp³-hybridized carbons (Fsp3) is 0.520. The largest absolute Gasteiger partial charge is 0.434 e. The molecule has 0 saturated heterocycles. The zero-order valence-electron chi connectivity index (χ0n) is 20.4. The number of halogens is 2. The van der Waals surface area contributed by atoms with E-state index in [1.807, 2.05) is 4.57 Å². The first-order valence-corrected chi connectivity index (χ1v) is 12.7. The molecular formula is C25H29ClFN7O2. The average molecular weight is 514 g/mol. The zero-order chi connectivity index (χ0) is 25.4. The molecule has 0 aliphatic heterocycles. The van der Waals surface area contributed by atoms with Crippen LogP contribution in [0.15, 0.2) is 32.0 Å². The summed E-state index contributed by atoms with van der Waals surface area (Å²) in [5.41, 5.74) is 0.282. The maximum Gasteiger partial charge on any atom is 0.434 e. The predicted octanol–water partition coefficient (Wildman–Crippen LogP) is 5.53. The van der Waals surface area contributed by atoms with Crippen molar-refractivity contribution in [3.63, 3.8) is 0 Å². The highest BCUT2D eigenvalue weighted by molar-refractivity contribution is 6.29. The smallest absolute Gasteiger partial charge is 0.384 e. The second-order valence-corrected chi connectivity index (χ2v) is 10.6. The lowest BCUT2D eigenvalue weighted by Crippen LogP contribution is -2.33. The second-order valence-electron chi connectivity index (χ2n) is 10.00. The predicted molar refractivity (Wildman–Crippen MR) is 136 cm³/mol. The lowest BCUT2D eigenvalue weighted by molar-refractivity contribution is 0.0458. The molecule has 2 aliphatic rings. The Morgan fingerprint density at radius 2 is 2.06 bits per heavy atom. The van der Waals surface area contributed by atoms with E-state index in [2.05, 4.69) is 38.7 Å². The van der Waals surface area contributed by atoms with E-state index in [0.29, 0.717) is 64.5 Å². The van der Waals surface area contributed by atoms with E-state index >= 15 is 4.39 Å². The molecule has 1 N–H and O–H groups in total. The van der Waals surface area contributed by atoms with Crippen molar-refractivity contribution in [1.82, 2.24) is 29.7 Å². The summed E-state index contributed by atoms with van der Waals surface area (Å²) in [6.07, 6.45) is 9.15. The van der Waals surface area contributed by atoms with Crippen LogP contribution < -0.4 is 5.76 Å². The molecule has 9 nitrogen and oxygen atoms in total. The summed E-state index contributed by atoms with van der Waals surface area (Å²) in [5.74, 6) is 0.729. The summed E-state index contributed by atoms with van der Waals surface area (Å²) in [5, 5.41) is 6.58. The molecule has 0 aromatic carbocycles. The van der Waals surface area contributed by atoms with Crippen molar-refractivity contribution in [2.45, 2.75) is 71.0 Å². The quantitative estimate of drug-likeness (QED) is 0.415. The average Bonchev–Trinajstić information content (AvgIpc) is 3.42. The third-order valence-corrected chi connectivity index (χ3v) is 7.24. The molecule has 3 aromatic heterocycles. The summed E-state index contributed by atoms with van der Waals surface area (Å²) in [7, 11) is 0. The van der Waals surface area contributed by atoms with E-state index in [4.69, 9.17) is 21.0 Å². The zero-order valence-corrected chi connectivity index (χ0v) is 21.2. The summed E-state index contributed by atoms with van der Waals surface area (Å²) in [4.78, 5) is 29.6. The Kier molecular flexibility index (Phi) is 6.63. The standard InChI is InChI=1S/C25H29ClFN7O2/c1-14-5-7-17(8-6-14)13-34-19-18(15(2)11-28-12-16(3)26)29-21(22-32-33-24(35)36-22)30-20(19)31-23(34)25(27)9-4-10-25/h11-12,14,17H,2,4-10,13H2,1,3H3,(H,33,35)/b16-12+,28-11-/t14-,17-. The number of imidazole rings is 1. The van der Waals surface area contributed by atoms with Gasteiger partial charge in [0.05, 0.1) is 0 Å². The van der Waals surface area contributed by atoms with Crippen LogP contribution >= 0.6 is 11.6 Å². The second kappa shape index (κ2) is 9.72. The minimum Gasteiger partial charge on any atom is -0.384 e. The number of H-pyrrole nitrogens is 1. The van der Waals surface area contributed by atoms with Crippen molar-refractivity contribution >= 4 is 34.6 Å². The minimum atomic E-state index is -1.51. The number of nitrogens with zero attached hydrogens (tertiary/aromatic N) is 6. The monoisotopic (exact) mass is 513 g/mol. The van der Waals surface area contributed by atoms with Crippen molar-refractivity contribution in [2.24, 2.45) is 16.8 Å². The number of hydrogen-bond acceptors (Lipinski definition) is 7. The van der Waals surface area contributed by atoms with Crippen LogP contribution in [0.3, 0.4) is 0 Å².